The first-order valence-corrected chi connectivity index (χ1v) is 6.61. The summed E-state index contributed by atoms with van der Waals surface area (Å²) >= 11 is 0. The molecule has 0 unspecified atom stereocenters. The van der Waals surface area contributed by atoms with Crippen molar-refractivity contribution in [2.75, 3.05) is 52.9 Å². The zero-order valence-corrected chi connectivity index (χ0v) is 13.1. The van der Waals surface area contributed by atoms with Gasteiger partial charge in [-0.05, 0) is 0 Å². The predicted molar refractivity (Wildman–Crippen MR) is 82.3 cm³/mol. The first kappa shape index (κ1) is 26.1. The molecule has 23 heavy (non-hydrogen) atoms. The molecule has 0 atom stereocenters. The molecule has 0 amide bonds. The summed E-state index contributed by atoms with van der Waals surface area (Å²) in [6.45, 7) is 8.69. The minimum atomic E-state index is -0.981. The lowest BCUT2D eigenvalue weighted by Gasteiger charge is -2.04. The van der Waals surface area contributed by atoms with Gasteiger partial charge in [0.2, 0.25) is 0 Å². The van der Waals surface area contributed by atoms with Crippen molar-refractivity contribution in [1.82, 2.24) is 0 Å². The number of hydrogen-bond acceptors (Lipinski definition) is 7. The van der Waals surface area contributed by atoms with Crippen LogP contribution in [0.4, 0.5) is 0 Å². The highest BCUT2D eigenvalue weighted by molar-refractivity contribution is 5.79. The summed E-state index contributed by atoms with van der Waals surface area (Å²) in [6, 6.07) is 0. The summed E-state index contributed by atoms with van der Waals surface area (Å²) in [4.78, 5) is 18.5. The molecule has 0 aliphatic carbocycles. The Hall–Kier alpha value is -1.78. The number of aliphatic hydroxyl groups excluding tert-OH is 2. The van der Waals surface area contributed by atoms with Crippen LogP contribution in [0.5, 0.6) is 0 Å². The van der Waals surface area contributed by atoms with E-state index in [4.69, 9.17) is 34.6 Å². The van der Waals surface area contributed by atoms with Crippen LogP contribution < -0.4 is 0 Å². The Kier molecular flexibility index (Phi) is 28.6. The van der Waals surface area contributed by atoms with E-state index >= 15 is 0 Å². The highest BCUT2D eigenvalue weighted by Gasteiger charge is 1.89. The summed E-state index contributed by atoms with van der Waals surface area (Å²) < 4.78 is 15.0. The summed E-state index contributed by atoms with van der Waals surface area (Å²) in [6.07, 6.45) is 1.67. The van der Waals surface area contributed by atoms with Gasteiger partial charge in [-0.2, -0.15) is 0 Å². The third-order valence-electron chi connectivity index (χ3n) is 1.56. The maximum Gasteiger partial charge on any atom is 0.327 e. The van der Waals surface area contributed by atoms with Crippen LogP contribution in [0.15, 0.2) is 25.3 Å². The van der Waals surface area contributed by atoms with E-state index in [1.165, 1.54) is 0 Å². The number of rotatable bonds is 12. The monoisotopic (exact) mass is 338 g/mol. The number of carbonyl (C=O) groups is 2. The largest absolute Gasteiger partial charge is 0.478 e. The van der Waals surface area contributed by atoms with Crippen LogP contribution in [0.25, 0.3) is 0 Å². The van der Waals surface area contributed by atoms with Gasteiger partial charge in [-0.15, -0.1) is 0 Å². The van der Waals surface area contributed by atoms with E-state index in [2.05, 4.69) is 13.2 Å². The summed E-state index contributed by atoms with van der Waals surface area (Å²) in [7, 11) is 0. The Morgan fingerprint density at radius 3 is 1.09 bits per heavy atom. The number of hydrogen-bond donors (Lipinski definition) is 4. The van der Waals surface area contributed by atoms with E-state index in [0.717, 1.165) is 12.2 Å². The molecule has 0 rings (SSSR count). The zero-order chi connectivity index (χ0) is 18.3. The average molecular weight is 338 g/mol. The van der Waals surface area contributed by atoms with Gasteiger partial charge in [-0.3, -0.25) is 0 Å². The van der Waals surface area contributed by atoms with Crippen molar-refractivity contribution in [1.29, 1.82) is 0 Å². The van der Waals surface area contributed by atoms with Gasteiger partial charge in [0.1, 0.15) is 0 Å². The molecule has 9 nitrogen and oxygen atoms in total. The molecule has 0 saturated heterocycles. The topological polar surface area (TPSA) is 143 Å². The van der Waals surface area contributed by atoms with Crippen molar-refractivity contribution in [2.45, 2.75) is 0 Å². The molecular weight excluding hydrogens is 312 g/mol. The summed E-state index contributed by atoms with van der Waals surface area (Å²) in [5.74, 6) is -1.96. The first-order valence-electron chi connectivity index (χ1n) is 6.61. The van der Waals surface area contributed by atoms with Crippen molar-refractivity contribution in [3.8, 4) is 0 Å². The van der Waals surface area contributed by atoms with E-state index in [-0.39, 0.29) is 13.2 Å². The molecule has 136 valence electrons. The molecule has 0 fully saturated rings. The summed E-state index contributed by atoms with van der Waals surface area (Å²) in [5.41, 5.74) is 0. The number of aliphatic hydroxyl groups is 2. The Balaban J connectivity index is -0.000000329. The minimum Gasteiger partial charge on any atom is -0.478 e. The Labute approximate surface area is 135 Å². The SMILES string of the molecule is C=CC(=O)O.C=CC(=O)O.OCCOCCOCCOCCO. The number of aliphatic carboxylic acids is 2. The molecule has 0 aliphatic rings. The second kappa shape index (κ2) is 25.2. The third kappa shape index (κ3) is 45.0. The molecule has 0 saturated carbocycles. The number of carboxylic acid groups (broad SMARTS) is 2. The van der Waals surface area contributed by atoms with Crippen molar-refractivity contribution >= 4 is 11.9 Å². The fourth-order valence-electron chi connectivity index (χ4n) is 0.671. The molecule has 9 heteroatoms. The van der Waals surface area contributed by atoms with Crippen molar-refractivity contribution in [3.05, 3.63) is 25.3 Å². The van der Waals surface area contributed by atoms with Crippen LogP contribution in [-0.2, 0) is 23.8 Å². The maximum absolute atomic E-state index is 9.25. The van der Waals surface area contributed by atoms with Crippen LogP contribution in [0.1, 0.15) is 0 Å². The Morgan fingerprint density at radius 2 is 0.913 bits per heavy atom. The molecule has 0 aromatic rings. The van der Waals surface area contributed by atoms with Gasteiger partial charge in [0.25, 0.3) is 0 Å². The van der Waals surface area contributed by atoms with E-state index < -0.39 is 11.9 Å². The van der Waals surface area contributed by atoms with Crippen LogP contribution in [0.3, 0.4) is 0 Å². The Morgan fingerprint density at radius 1 is 0.696 bits per heavy atom. The van der Waals surface area contributed by atoms with Crippen molar-refractivity contribution < 1.29 is 44.2 Å². The van der Waals surface area contributed by atoms with Crippen molar-refractivity contribution in [2.24, 2.45) is 0 Å². The van der Waals surface area contributed by atoms with E-state index in [1.807, 2.05) is 0 Å². The molecule has 4 N–H and O–H groups in total. The van der Waals surface area contributed by atoms with Crippen LogP contribution in [-0.4, -0.2) is 85.2 Å². The van der Waals surface area contributed by atoms with Crippen LogP contribution in [0.2, 0.25) is 0 Å². The van der Waals surface area contributed by atoms with Gasteiger partial charge in [-0.25, -0.2) is 9.59 Å². The minimum absolute atomic E-state index is 0.0413. The second-order valence-corrected chi connectivity index (χ2v) is 3.37. The second-order valence-electron chi connectivity index (χ2n) is 3.37. The van der Waals surface area contributed by atoms with Crippen LogP contribution in [0, 0.1) is 0 Å². The highest BCUT2D eigenvalue weighted by atomic mass is 16.5. The standard InChI is InChI=1S/C8H18O5.2C3H4O2/c9-1-3-11-5-7-13-8-6-12-4-2-10;2*1-2-3(4)5/h9-10H,1-8H2;2*2H,1H2,(H,4,5). The predicted octanol–water partition coefficient (Wildman–Crippen LogP) is -0.465. The molecular formula is C14H26O9. The third-order valence-corrected chi connectivity index (χ3v) is 1.56. The first-order chi connectivity index (χ1) is 11.0. The molecule has 0 heterocycles. The average Bonchev–Trinajstić information content (AvgIpc) is 2.54. The normalized spacial score (nSPS) is 8.78. The van der Waals surface area contributed by atoms with Gasteiger partial charge < -0.3 is 34.6 Å². The quantitative estimate of drug-likeness (QED) is 0.274. The van der Waals surface area contributed by atoms with Gasteiger partial charge in [0.05, 0.1) is 52.9 Å². The molecule has 0 aliphatic heterocycles. The van der Waals surface area contributed by atoms with Crippen LogP contribution >= 0.6 is 0 Å². The number of carboxylic acids is 2. The lowest BCUT2D eigenvalue weighted by atomic mass is 10.7. The molecule has 0 aromatic heterocycles. The van der Waals surface area contributed by atoms with Gasteiger partial charge in [0, 0.05) is 12.2 Å². The lowest BCUT2D eigenvalue weighted by Crippen LogP contribution is -2.11. The zero-order valence-electron chi connectivity index (χ0n) is 13.1. The van der Waals surface area contributed by atoms with E-state index in [1.54, 1.807) is 0 Å². The molecule has 0 aromatic carbocycles. The molecule has 0 bridgehead atoms. The fraction of sp³-hybridized carbons (Fsp3) is 0.571. The summed E-state index contributed by atoms with van der Waals surface area (Å²) in [5, 5.41) is 31.9. The van der Waals surface area contributed by atoms with Gasteiger partial charge in [0.15, 0.2) is 0 Å². The van der Waals surface area contributed by atoms with Gasteiger partial charge in [-0.1, -0.05) is 13.2 Å². The van der Waals surface area contributed by atoms with E-state index in [9.17, 15) is 9.59 Å². The fourth-order valence-corrected chi connectivity index (χ4v) is 0.671. The van der Waals surface area contributed by atoms with E-state index in [0.29, 0.717) is 39.6 Å². The smallest absolute Gasteiger partial charge is 0.327 e. The molecule has 0 radical (unpaired) electrons. The highest BCUT2D eigenvalue weighted by Crippen LogP contribution is 1.80. The van der Waals surface area contributed by atoms with Crippen molar-refractivity contribution in [3.63, 3.8) is 0 Å². The van der Waals surface area contributed by atoms with Gasteiger partial charge >= 0.3 is 11.9 Å². The lowest BCUT2D eigenvalue weighted by molar-refractivity contribution is -0.132. The molecule has 0 spiro atoms. The maximum atomic E-state index is 9.25. The number of ether oxygens (including phenoxy) is 3. The Bertz CT molecular complexity index is 264.